The first-order valence-electron chi connectivity index (χ1n) is 12.0. The van der Waals surface area contributed by atoms with E-state index < -0.39 is 0 Å². The summed E-state index contributed by atoms with van der Waals surface area (Å²) in [6.07, 6.45) is 1.74. The summed E-state index contributed by atoms with van der Waals surface area (Å²) in [5, 5.41) is 7.61. The lowest BCUT2D eigenvalue weighted by Crippen LogP contribution is -2.38. The summed E-state index contributed by atoms with van der Waals surface area (Å²) in [4.78, 5) is 43.9. The number of carbonyl (C=O) groups excluding carboxylic acids is 3. The lowest BCUT2D eigenvalue weighted by atomic mass is 10.0. The van der Waals surface area contributed by atoms with Gasteiger partial charge >= 0.3 is 0 Å². The van der Waals surface area contributed by atoms with Crippen molar-refractivity contribution in [2.45, 2.75) is 39.3 Å². The van der Waals surface area contributed by atoms with E-state index in [1.807, 2.05) is 46.8 Å². The van der Waals surface area contributed by atoms with Crippen LogP contribution in [0.5, 0.6) is 0 Å². The molecule has 35 heavy (non-hydrogen) atoms. The average Bonchev–Trinajstić information content (AvgIpc) is 3.40. The fourth-order valence-electron chi connectivity index (χ4n) is 4.73. The maximum absolute atomic E-state index is 13.6. The molecule has 182 valence electrons. The fourth-order valence-corrected chi connectivity index (χ4v) is 5.56. The molecule has 9 heteroatoms. The highest BCUT2D eigenvalue weighted by Crippen LogP contribution is 2.27. The molecule has 5 rings (SSSR count). The molecule has 1 saturated heterocycles. The van der Waals surface area contributed by atoms with Gasteiger partial charge < -0.3 is 15.1 Å². The number of fused-ring (bicyclic) bond motifs is 1. The van der Waals surface area contributed by atoms with Gasteiger partial charge in [-0.2, -0.15) is 5.10 Å². The van der Waals surface area contributed by atoms with Gasteiger partial charge in [-0.3, -0.25) is 19.1 Å². The van der Waals surface area contributed by atoms with Crippen molar-refractivity contribution >= 4 is 29.1 Å². The van der Waals surface area contributed by atoms with Gasteiger partial charge in [0.1, 0.15) is 0 Å². The molecule has 1 fully saturated rings. The lowest BCUT2D eigenvalue weighted by Gasteiger charge is -2.28. The first-order chi connectivity index (χ1) is 17.0. The number of amides is 3. The highest BCUT2D eigenvalue weighted by Gasteiger charge is 2.33. The molecule has 2 aliphatic heterocycles. The van der Waals surface area contributed by atoms with Crippen molar-refractivity contribution in [2.24, 2.45) is 0 Å². The molecule has 1 aromatic carbocycles. The van der Waals surface area contributed by atoms with Crippen LogP contribution in [0.2, 0.25) is 0 Å². The maximum Gasteiger partial charge on any atom is 0.274 e. The molecule has 0 aliphatic carbocycles. The number of aryl methyl sites for hydroxylation is 3. The minimum atomic E-state index is -0.169. The SMILES string of the molecule is Cc1ccc(C(=O)N2CCc3c(c(C(=O)N4CCNC(=O)CC4)nn3CCc3ccccc3)C2)s1. The number of benzene rings is 1. The number of carbonyl (C=O) groups is 3. The molecular formula is C26H29N5O3S. The molecule has 3 amide bonds. The third-order valence-electron chi connectivity index (χ3n) is 6.63. The molecule has 4 heterocycles. The average molecular weight is 492 g/mol. The largest absolute Gasteiger partial charge is 0.354 e. The van der Waals surface area contributed by atoms with E-state index in [0.717, 1.165) is 22.6 Å². The van der Waals surface area contributed by atoms with E-state index in [-0.39, 0.29) is 24.1 Å². The van der Waals surface area contributed by atoms with E-state index in [2.05, 4.69) is 17.4 Å². The third-order valence-corrected chi connectivity index (χ3v) is 7.62. The third kappa shape index (κ3) is 5.00. The zero-order valence-electron chi connectivity index (χ0n) is 19.8. The summed E-state index contributed by atoms with van der Waals surface area (Å²) >= 11 is 1.49. The molecule has 0 spiro atoms. The molecule has 0 atom stereocenters. The molecule has 8 nitrogen and oxygen atoms in total. The van der Waals surface area contributed by atoms with Gasteiger partial charge in [0, 0.05) is 61.7 Å². The van der Waals surface area contributed by atoms with Gasteiger partial charge in [0.2, 0.25) is 5.91 Å². The second-order valence-electron chi connectivity index (χ2n) is 9.01. The van der Waals surface area contributed by atoms with Crippen LogP contribution in [0.4, 0.5) is 0 Å². The number of nitrogens with one attached hydrogen (secondary N) is 1. The van der Waals surface area contributed by atoms with Crippen LogP contribution >= 0.6 is 11.3 Å². The Labute approximate surface area is 208 Å². The normalized spacial score (nSPS) is 16.0. The highest BCUT2D eigenvalue weighted by molar-refractivity contribution is 7.13. The minimum Gasteiger partial charge on any atom is -0.354 e. The molecule has 0 unspecified atom stereocenters. The Bertz CT molecular complexity index is 1250. The monoisotopic (exact) mass is 491 g/mol. The second kappa shape index (κ2) is 10.0. The van der Waals surface area contributed by atoms with Gasteiger partial charge in [-0.25, -0.2) is 0 Å². The summed E-state index contributed by atoms with van der Waals surface area (Å²) in [5.41, 5.74) is 3.48. The topological polar surface area (TPSA) is 87.5 Å². The van der Waals surface area contributed by atoms with Crippen LogP contribution in [0.1, 0.15) is 48.3 Å². The summed E-state index contributed by atoms with van der Waals surface area (Å²) in [7, 11) is 0. The Morgan fingerprint density at radius 2 is 1.80 bits per heavy atom. The summed E-state index contributed by atoms with van der Waals surface area (Å²) in [5.74, 6) is -0.218. The summed E-state index contributed by atoms with van der Waals surface area (Å²) in [6, 6.07) is 14.0. The van der Waals surface area contributed by atoms with E-state index in [9.17, 15) is 14.4 Å². The number of thiophene rings is 1. The van der Waals surface area contributed by atoms with Crippen LogP contribution in [0.15, 0.2) is 42.5 Å². The van der Waals surface area contributed by atoms with Crippen molar-refractivity contribution < 1.29 is 14.4 Å². The van der Waals surface area contributed by atoms with Crippen LogP contribution in [0.3, 0.4) is 0 Å². The summed E-state index contributed by atoms with van der Waals surface area (Å²) in [6.45, 7) is 4.87. The van der Waals surface area contributed by atoms with E-state index in [1.54, 1.807) is 4.90 Å². The van der Waals surface area contributed by atoms with Gasteiger partial charge in [-0.15, -0.1) is 11.3 Å². The molecule has 2 aliphatic rings. The second-order valence-corrected chi connectivity index (χ2v) is 10.3. The number of aromatic nitrogens is 2. The van der Waals surface area contributed by atoms with Crippen molar-refractivity contribution in [3.05, 3.63) is 74.7 Å². The van der Waals surface area contributed by atoms with Crippen LogP contribution in [-0.4, -0.2) is 63.5 Å². The Morgan fingerprint density at radius 1 is 1.00 bits per heavy atom. The maximum atomic E-state index is 13.6. The smallest absolute Gasteiger partial charge is 0.274 e. The van der Waals surface area contributed by atoms with E-state index in [0.29, 0.717) is 56.3 Å². The molecule has 0 bridgehead atoms. The van der Waals surface area contributed by atoms with Crippen LogP contribution in [0.25, 0.3) is 0 Å². The quantitative estimate of drug-likeness (QED) is 0.595. The molecular weight excluding hydrogens is 462 g/mol. The van der Waals surface area contributed by atoms with Gasteiger partial charge in [0.25, 0.3) is 11.8 Å². The standard InChI is InChI=1S/C26H29N5O3S/c1-18-7-8-22(35-18)25(33)30-13-10-21-20(17-30)24(26(34)29-14-11-23(32)27-12-16-29)28-31(21)15-9-19-5-3-2-4-6-19/h2-8H,9-17H2,1H3,(H,27,32). The van der Waals surface area contributed by atoms with Crippen molar-refractivity contribution in [1.82, 2.24) is 24.9 Å². The van der Waals surface area contributed by atoms with Gasteiger partial charge in [-0.05, 0) is 31.0 Å². The first-order valence-corrected chi connectivity index (χ1v) is 12.9. The fraction of sp³-hybridized carbons (Fsp3) is 0.385. The highest BCUT2D eigenvalue weighted by atomic mass is 32.1. The Kier molecular flexibility index (Phi) is 6.68. The number of rotatable bonds is 5. The Morgan fingerprint density at radius 3 is 2.57 bits per heavy atom. The predicted octanol–water partition coefficient (Wildman–Crippen LogP) is 2.66. The number of hydrogen-bond donors (Lipinski definition) is 1. The lowest BCUT2D eigenvalue weighted by molar-refractivity contribution is -0.120. The molecule has 2 aromatic heterocycles. The molecule has 0 radical (unpaired) electrons. The number of hydrogen-bond acceptors (Lipinski definition) is 5. The zero-order valence-corrected chi connectivity index (χ0v) is 20.6. The van der Waals surface area contributed by atoms with E-state index in [4.69, 9.17) is 5.10 Å². The van der Waals surface area contributed by atoms with Crippen molar-refractivity contribution in [2.75, 3.05) is 26.2 Å². The van der Waals surface area contributed by atoms with Crippen molar-refractivity contribution in [3.63, 3.8) is 0 Å². The number of nitrogens with zero attached hydrogens (tertiary/aromatic N) is 4. The minimum absolute atomic E-state index is 0.00578. The van der Waals surface area contributed by atoms with Gasteiger partial charge in [0.15, 0.2) is 5.69 Å². The molecule has 1 N–H and O–H groups in total. The van der Waals surface area contributed by atoms with Gasteiger partial charge in [0.05, 0.1) is 11.4 Å². The van der Waals surface area contributed by atoms with Crippen LogP contribution in [-0.2, 0) is 30.7 Å². The van der Waals surface area contributed by atoms with Crippen LogP contribution < -0.4 is 5.32 Å². The van der Waals surface area contributed by atoms with Crippen molar-refractivity contribution in [3.8, 4) is 0 Å². The molecule has 3 aromatic rings. The van der Waals surface area contributed by atoms with E-state index in [1.165, 1.54) is 16.9 Å². The Balaban J connectivity index is 1.43. The zero-order chi connectivity index (χ0) is 24.4. The molecule has 0 saturated carbocycles. The Hall–Kier alpha value is -3.46. The first kappa shape index (κ1) is 23.3. The predicted molar refractivity (Wildman–Crippen MR) is 133 cm³/mol. The summed E-state index contributed by atoms with van der Waals surface area (Å²) < 4.78 is 1.95. The van der Waals surface area contributed by atoms with Crippen LogP contribution in [0, 0.1) is 6.92 Å². The van der Waals surface area contributed by atoms with Crippen molar-refractivity contribution in [1.29, 1.82) is 0 Å². The van der Waals surface area contributed by atoms with E-state index >= 15 is 0 Å². The van der Waals surface area contributed by atoms with Gasteiger partial charge in [-0.1, -0.05) is 30.3 Å².